The number of hydrogen-bond donors (Lipinski definition) is 0. The summed E-state index contributed by atoms with van der Waals surface area (Å²) in [5.41, 5.74) is 8.34. The van der Waals surface area contributed by atoms with Crippen LogP contribution in [0.3, 0.4) is 0 Å². The van der Waals surface area contributed by atoms with Crippen LogP contribution < -0.4 is 0 Å². The molecule has 33 heavy (non-hydrogen) atoms. The van der Waals surface area contributed by atoms with Crippen LogP contribution in [0.2, 0.25) is 0 Å². The lowest BCUT2D eigenvalue weighted by molar-refractivity contribution is 0.657. The van der Waals surface area contributed by atoms with Crippen LogP contribution in [-0.2, 0) is 5.41 Å². The second-order valence-corrected chi connectivity index (χ2v) is 10.2. The van der Waals surface area contributed by atoms with E-state index < -0.39 is 0 Å². The molecule has 0 unspecified atom stereocenters. The van der Waals surface area contributed by atoms with Crippen LogP contribution in [-0.4, -0.2) is 9.97 Å². The Balaban J connectivity index is 1.68. The second kappa shape index (κ2) is 6.99. The molecule has 0 bridgehead atoms. The Kier molecular flexibility index (Phi) is 4.26. The highest BCUT2D eigenvalue weighted by molar-refractivity contribution is 5.96. The highest BCUT2D eigenvalue weighted by Crippen LogP contribution is 2.52. The van der Waals surface area contributed by atoms with E-state index in [1.807, 2.05) is 6.92 Å². The Labute approximate surface area is 195 Å². The van der Waals surface area contributed by atoms with Gasteiger partial charge in [-0.3, -0.25) is 0 Å². The minimum atomic E-state index is -0.179. The molecule has 2 heteroatoms. The maximum absolute atomic E-state index is 5.06. The van der Waals surface area contributed by atoms with Gasteiger partial charge >= 0.3 is 0 Å². The lowest BCUT2D eigenvalue weighted by Crippen LogP contribution is -2.17. The first kappa shape index (κ1) is 20.1. The predicted octanol–water partition coefficient (Wildman–Crippen LogP) is 8.19. The van der Waals surface area contributed by atoms with Gasteiger partial charge in [0.15, 0.2) is 0 Å². The smallest absolute Gasteiger partial charge is 0.126 e. The third-order valence-electron chi connectivity index (χ3n) is 7.25. The average molecular weight is 429 g/mol. The van der Waals surface area contributed by atoms with Gasteiger partial charge in [-0.1, -0.05) is 76.2 Å². The lowest BCUT2D eigenvalue weighted by atomic mass is 9.80. The van der Waals surface area contributed by atoms with Crippen molar-refractivity contribution in [2.75, 3.05) is 0 Å². The van der Waals surface area contributed by atoms with Crippen molar-refractivity contribution in [3.8, 4) is 22.5 Å². The first-order valence-corrected chi connectivity index (χ1v) is 11.8. The standard InChI is InChI=1S/C31H28N2/c1-18(2)25-16-23(14-22-12-8-9-13-24(22)25)29-28-30(33-19(3)32-29)26-15-20-10-6-7-11-21(20)17-27(26)31(28,4)5/h6-18H,1-5H3. The fraction of sp³-hybridized carbons (Fsp3) is 0.226. The lowest BCUT2D eigenvalue weighted by Gasteiger charge is -2.24. The number of aromatic nitrogens is 2. The summed E-state index contributed by atoms with van der Waals surface area (Å²) >= 11 is 0. The van der Waals surface area contributed by atoms with Crippen molar-refractivity contribution in [3.05, 3.63) is 95.3 Å². The molecule has 5 aromatic rings. The molecule has 0 amide bonds. The van der Waals surface area contributed by atoms with E-state index >= 15 is 0 Å². The molecule has 0 saturated heterocycles. The molecule has 4 aromatic carbocycles. The third-order valence-corrected chi connectivity index (χ3v) is 7.25. The van der Waals surface area contributed by atoms with Crippen LogP contribution in [0.4, 0.5) is 0 Å². The summed E-state index contributed by atoms with van der Waals surface area (Å²) in [7, 11) is 0. The van der Waals surface area contributed by atoms with Crippen LogP contribution in [0.25, 0.3) is 44.1 Å². The van der Waals surface area contributed by atoms with Crippen LogP contribution in [0.1, 0.15) is 56.1 Å². The zero-order chi connectivity index (χ0) is 22.9. The number of nitrogens with zero attached hydrogens (tertiary/aromatic N) is 2. The zero-order valence-electron chi connectivity index (χ0n) is 19.9. The molecule has 0 radical (unpaired) electrons. The van der Waals surface area contributed by atoms with Gasteiger partial charge in [-0.25, -0.2) is 9.97 Å². The van der Waals surface area contributed by atoms with E-state index in [9.17, 15) is 0 Å². The van der Waals surface area contributed by atoms with E-state index in [1.165, 1.54) is 49.4 Å². The Morgan fingerprint density at radius 1 is 0.727 bits per heavy atom. The van der Waals surface area contributed by atoms with Crippen molar-refractivity contribution in [2.24, 2.45) is 0 Å². The van der Waals surface area contributed by atoms with E-state index in [0.717, 1.165) is 17.2 Å². The Hall–Kier alpha value is -3.52. The van der Waals surface area contributed by atoms with E-state index in [2.05, 4.69) is 100 Å². The summed E-state index contributed by atoms with van der Waals surface area (Å²) in [6.45, 7) is 11.2. The molecule has 0 atom stereocenters. The van der Waals surface area contributed by atoms with Gasteiger partial charge in [-0.15, -0.1) is 0 Å². The summed E-state index contributed by atoms with van der Waals surface area (Å²) in [5.74, 6) is 1.25. The molecule has 2 nitrogen and oxygen atoms in total. The quantitative estimate of drug-likeness (QED) is 0.283. The SMILES string of the molecule is Cc1nc(-c2cc(C(C)C)c3ccccc3c2)c2c(n1)-c1cc3ccccc3cc1C2(C)C. The van der Waals surface area contributed by atoms with Gasteiger partial charge in [0.2, 0.25) is 0 Å². The van der Waals surface area contributed by atoms with Gasteiger partial charge < -0.3 is 0 Å². The molecule has 1 aromatic heterocycles. The fourth-order valence-corrected chi connectivity index (χ4v) is 5.61. The zero-order valence-corrected chi connectivity index (χ0v) is 19.9. The highest BCUT2D eigenvalue weighted by Gasteiger charge is 2.40. The van der Waals surface area contributed by atoms with Gasteiger partial charge in [0.25, 0.3) is 0 Å². The van der Waals surface area contributed by atoms with Crippen molar-refractivity contribution >= 4 is 21.5 Å². The summed E-state index contributed by atoms with van der Waals surface area (Å²) in [5, 5.41) is 5.12. The normalized spacial score (nSPS) is 14.1. The molecular weight excluding hydrogens is 400 g/mol. The molecule has 1 aliphatic carbocycles. The third kappa shape index (κ3) is 2.94. The van der Waals surface area contributed by atoms with Crippen molar-refractivity contribution in [1.82, 2.24) is 9.97 Å². The first-order chi connectivity index (χ1) is 15.8. The molecule has 0 fully saturated rings. The predicted molar refractivity (Wildman–Crippen MR) is 139 cm³/mol. The second-order valence-electron chi connectivity index (χ2n) is 10.2. The number of fused-ring (bicyclic) bond motifs is 5. The van der Waals surface area contributed by atoms with Gasteiger partial charge in [0.1, 0.15) is 5.82 Å². The molecule has 0 N–H and O–H groups in total. The maximum atomic E-state index is 5.06. The number of rotatable bonds is 2. The Morgan fingerprint density at radius 2 is 1.36 bits per heavy atom. The van der Waals surface area contributed by atoms with Crippen LogP contribution >= 0.6 is 0 Å². The van der Waals surface area contributed by atoms with Gasteiger partial charge in [0.05, 0.1) is 11.4 Å². The van der Waals surface area contributed by atoms with E-state index in [1.54, 1.807) is 0 Å². The fourth-order valence-electron chi connectivity index (χ4n) is 5.61. The van der Waals surface area contributed by atoms with E-state index in [4.69, 9.17) is 9.97 Å². The van der Waals surface area contributed by atoms with Crippen molar-refractivity contribution < 1.29 is 0 Å². The van der Waals surface area contributed by atoms with Gasteiger partial charge in [-0.05, 0) is 69.8 Å². The summed E-state index contributed by atoms with van der Waals surface area (Å²) in [4.78, 5) is 10.1. The van der Waals surface area contributed by atoms with Crippen molar-refractivity contribution in [3.63, 3.8) is 0 Å². The van der Waals surface area contributed by atoms with E-state index in [-0.39, 0.29) is 5.41 Å². The molecule has 1 heterocycles. The minimum Gasteiger partial charge on any atom is -0.233 e. The van der Waals surface area contributed by atoms with E-state index in [0.29, 0.717) is 5.92 Å². The summed E-state index contributed by atoms with van der Waals surface area (Å²) in [6, 6.07) is 26.6. The van der Waals surface area contributed by atoms with Crippen LogP contribution in [0.5, 0.6) is 0 Å². The van der Waals surface area contributed by atoms with Gasteiger partial charge in [0, 0.05) is 22.1 Å². The number of aryl methyl sites for hydroxylation is 1. The number of benzene rings is 4. The van der Waals surface area contributed by atoms with Crippen LogP contribution in [0, 0.1) is 6.92 Å². The molecule has 0 aliphatic heterocycles. The molecule has 0 spiro atoms. The molecule has 1 aliphatic rings. The minimum absolute atomic E-state index is 0.179. The monoisotopic (exact) mass is 428 g/mol. The molecule has 0 saturated carbocycles. The topological polar surface area (TPSA) is 25.8 Å². The Bertz CT molecular complexity index is 1570. The van der Waals surface area contributed by atoms with Crippen LogP contribution in [0.15, 0.2) is 72.8 Å². The largest absolute Gasteiger partial charge is 0.233 e. The Morgan fingerprint density at radius 3 is 2.09 bits per heavy atom. The first-order valence-electron chi connectivity index (χ1n) is 11.8. The average Bonchev–Trinajstić information content (AvgIpc) is 3.02. The molecular formula is C31H28N2. The number of hydrogen-bond acceptors (Lipinski definition) is 2. The highest BCUT2D eigenvalue weighted by atomic mass is 14.9. The molecule has 6 rings (SSSR count). The summed E-state index contributed by atoms with van der Waals surface area (Å²) < 4.78 is 0. The maximum Gasteiger partial charge on any atom is 0.126 e. The van der Waals surface area contributed by atoms with Crippen molar-refractivity contribution in [2.45, 2.75) is 46.0 Å². The van der Waals surface area contributed by atoms with Gasteiger partial charge in [-0.2, -0.15) is 0 Å². The molecule has 162 valence electrons. The van der Waals surface area contributed by atoms with Crippen molar-refractivity contribution in [1.29, 1.82) is 0 Å². The summed E-state index contributed by atoms with van der Waals surface area (Å²) in [6.07, 6.45) is 0.